The molecule has 7 nitrogen and oxygen atoms in total. The van der Waals surface area contributed by atoms with E-state index in [2.05, 4.69) is 17.6 Å². The molecule has 1 aromatic carbocycles. The van der Waals surface area contributed by atoms with Crippen molar-refractivity contribution in [1.29, 1.82) is 0 Å². The highest BCUT2D eigenvalue weighted by Gasteiger charge is 2.54. The van der Waals surface area contributed by atoms with Crippen LogP contribution >= 0.6 is 0 Å². The number of nitrogens with zero attached hydrogens (tertiary/aromatic N) is 1. The van der Waals surface area contributed by atoms with Crippen LogP contribution in [0.25, 0.3) is 0 Å². The predicted molar refractivity (Wildman–Crippen MR) is 142 cm³/mol. The fraction of sp³-hybridized carbons (Fsp3) is 0.633. The number of ether oxygens (including phenoxy) is 1. The Morgan fingerprint density at radius 3 is 2.38 bits per heavy atom. The molecule has 3 amide bonds. The topological polar surface area (TPSA) is 87.7 Å². The van der Waals surface area contributed by atoms with E-state index in [1.807, 2.05) is 45.0 Å². The lowest BCUT2D eigenvalue weighted by Gasteiger charge is -2.55. The highest BCUT2D eigenvalue weighted by Crippen LogP contribution is 2.60. The van der Waals surface area contributed by atoms with E-state index in [1.165, 1.54) is 19.3 Å². The normalized spacial score (nSPS) is 30.5. The van der Waals surface area contributed by atoms with Gasteiger partial charge in [0, 0.05) is 17.9 Å². The highest BCUT2D eigenvalue weighted by molar-refractivity contribution is 5.97. The molecule has 1 atom stereocenters. The number of unbranched alkanes of at least 4 members (excludes halogenated alkanes) is 1. The minimum absolute atomic E-state index is 0.133. The van der Waals surface area contributed by atoms with Crippen LogP contribution < -0.4 is 10.6 Å². The highest BCUT2D eigenvalue weighted by atomic mass is 16.5. The minimum atomic E-state index is -0.645. The van der Waals surface area contributed by atoms with Gasteiger partial charge in [0.15, 0.2) is 0 Å². The molecule has 2 N–H and O–H groups in total. The maximum atomic E-state index is 13.6. The van der Waals surface area contributed by atoms with Gasteiger partial charge in [0.25, 0.3) is 0 Å². The van der Waals surface area contributed by atoms with Crippen LogP contribution in [0.3, 0.4) is 0 Å². The molecule has 0 radical (unpaired) electrons. The zero-order chi connectivity index (χ0) is 26.3. The SMILES string of the molecule is CCCCN1C(=O)NC(c2cccc(NC(=O)C34CC5CC(CC(C5)C3)C4)c2)C(C(=O)OC(C)C)=C1C. The van der Waals surface area contributed by atoms with Gasteiger partial charge in [-0.25, -0.2) is 9.59 Å². The first kappa shape index (κ1) is 25.8. The Hall–Kier alpha value is -2.83. The average Bonchev–Trinajstić information content (AvgIpc) is 2.82. The Labute approximate surface area is 220 Å². The lowest BCUT2D eigenvalue weighted by Crippen LogP contribution is -2.51. The van der Waals surface area contributed by atoms with Gasteiger partial charge in [-0.15, -0.1) is 0 Å². The third-order valence-electron chi connectivity index (χ3n) is 8.89. The molecule has 1 aromatic rings. The van der Waals surface area contributed by atoms with Gasteiger partial charge in [-0.05, 0) is 101 Å². The van der Waals surface area contributed by atoms with Gasteiger partial charge in [0.1, 0.15) is 0 Å². The number of amides is 3. The molecule has 4 bridgehead atoms. The summed E-state index contributed by atoms with van der Waals surface area (Å²) in [6.45, 7) is 8.07. The molecule has 4 aliphatic carbocycles. The molecule has 4 saturated carbocycles. The summed E-state index contributed by atoms with van der Waals surface area (Å²) in [5.74, 6) is 1.78. The summed E-state index contributed by atoms with van der Waals surface area (Å²) >= 11 is 0. The largest absolute Gasteiger partial charge is 0.459 e. The summed E-state index contributed by atoms with van der Waals surface area (Å²) in [5, 5.41) is 6.25. The monoisotopic (exact) mass is 507 g/mol. The molecule has 1 unspecified atom stereocenters. The number of carbonyl (C=O) groups excluding carboxylic acids is 3. The van der Waals surface area contributed by atoms with E-state index in [-0.39, 0.29) is 23.5 Å². The molecule has 6 rings (SSSR count). The van der Waals surface area contributed by atoms with Gasteiger partial charge in [-0.2, -0.15) is 0 Å². The Balaban J connectivity index is 1.41. The van der Waals surface area contributed by atoms with Crippen LogP contribution in [0.4, 0.5) is 10.5 Å². The van der Waals surface area contributed by atoms with Gasteiger partial charge in [0.05, 0.1) is 23.1 Å². The number of anilines is 1. The van der Waals surface area contributed by atoms with Crippen molar-refractivity contribution >= 4 is 23.6 Å². The number of esters is 1. The van der Waals surface area contributed by atoms with E-state index in [9.17, 15) is 14.4 Å². The first-order valence-electron chi connectivity index (χ1n) is 14.1. The molecule has 1 heterocycles. The molecule has 0 spiro atoms. The number of rotatable bonds is 8. The Kier molecular flexibility index (Phi) is 7.08. The molecular formula is C30H41N3O4. The second-order valence-electron chi connectivity index (χ2n) is 12.1. The molecule has 0 saturated heterocycles. The van der Waals surface area contributed by atoms with Crippen molar-refractivity contribution in [2.75, 3.05) is 11.9 Å². The number of urea groups is 1. The first-order chi connectivity index (χ1) is 17.7. The third-order valence-corrected chi connectivity index (χ3v) is 8.89. The fourth-order valence-corrected chi connectivity index (χ4v) is 7.61. The minimum Gasteiger partial charge on any atom is -0.459 e. The number of benzene rings is 1. The van der Waals surface area contributed by atoms with Crippen LogP contribution in [0.2, 0.25) is 0 Å². The summed E-state index contributed by atoms with van der Waals surface area (Å²) in [6, 6.07) is 6.68. The van der Waals surface area contributed by atoms with Gasteiger partial charge in [-0.1, -0.05) is 25.5 Å². The number of allylic oxidation sites excluding steroid dienone is 1. The molecule has 37 heavy (non-hydrogen) atoms. The molecule has 0 aromatic heterocycles. The van der Waals surface area contributed by atoms with Crippen molar-refractivity contribution < 1.29 is 19.1 Å². The molecule has 200 valence electrons. The third kappa shape index (κ3) is 5.01. The molecule has 7 heteroatoms. The van der Waals surface area contributed by atoms with Crippen LogP contribution in [0.5, 0.6) is 0 Å². The van der Waals surface area contributed by atoms with E-state index in [0.717, 1.165) is 37.7 Å². The maximum absolute atomic E-state index is 13.6. The second kappa shape index (κ2) is 10.1. The van der Waals surface area contributed by atoms with Crippen molar-refractivity contribution in [1.82, 2.24) is 10.2 Å². The summed E-state index contributed by atoms with van der Waals surface area (Å²) < 4.78 is 5.59. The van der Waals surface area contributed by atoms with Gasteiger partial charge in [0.2, 0.25) is 5.91 Å². The van der Waals surface area contributed by atoms with E-state index < -0.39 is 12.0 Å². The van der Waals surface area contributed by atoms with Crippen LogP contribution in [0.15, 0.2) is 35.5 Å². The zero-order valence-corrected chi connectivity index (χ0v) is 22.6. The van der Waals surface area contributed by atoms with Crippen molar-refractivity contribution in [2.45, 2.75) is 91.2 Å². The lowest BCUT2D eigenvalue weighted by atomic mass is 9.49. The number of nitrogens with one attached hydrogen (secondary N) is 2. The fourth-order valence-electron chi connectivity index (χ4n) is 7.61. The van der Waals surface area contributed by atoms with Crippen molar-refractivity contribution in [3.05, 3.63) is 41.1 Å². The number of hydrogen-bond acceptors (Lipinski definition) is 4. The number of carbonyl (C=O) groups is 3. The summed E-state index contributed by atoms with van der Waals surface area (Å²) in [6.07, 6.45) is 8.39. The maximum Gasteiger partial charge on any atom is 0.338 e. The van der Waals surface area contributed by atoms with E-state index in [1.54, 1.807) is 4.90 Å². The van der Waals surface area contributed by atoms with Gasteiger partial charge >= 0.3 is 12.0 Å². The van der Waals surface area contributed by atoms with Crippen LogP contribution in [0.1, 0.15) is 90.7 Å². The standard InChI is InChI=1S/C30H41N3O4/c1-5-6-10-33-19(4)25(27(34)37-18(2)3)26(32-29(33)36)23-8-7-9-24(14-23)31-28(35)30-15-20-11-21(16-30)13-22(12-20)17-30/h7-9,14,18,20-22,26H,5-6,10-13,15-17H2,1-4H3,(H,31,35)(H,32,36). The van der Waals surface area contributed by atoms with Crippen molar-refractivity contribution in [3.63, 3.8) is 0 Å². The lowest BCUT2D eigenvalue weighted by molar-refractivity contribution is -0.143. The first-order valence-corrected chi connectivity index (χ1v) is 14.1. The van der Waals surface area contributed by atoms with Gasteiger partial charge < -0.3 is 15.4 Å². The van der Waals surface area contributed by atoms with Crippen molar-refractivity contribution in [3.8, 4) is 0 Å². The number of hydrogen-bond donors (Lipinski definition) is 2. The van der Waals surface area contributed by atoms with E-state index >= 15 is 0 Å². The predicted octanol–water partition coefficient (Wildman–Crippen LogP) is 5.93. The second-order valence-corrected chi connectivity index (χ2v) is 12.1. The molecule has 5 aliphatic rings. The smallest absolute Gasteiger partial charge is 0.338 e. The molecular weight excluding hydrogens is 466 g/mol. The van der Waals surface area contributed by atoms with Crippen LogP contribution in [0, 0.1) is 23.2 Å². The molecule has 4 fully saturated rings. The Morgan fingerprint density at radius 1 is 1.14 bits per heavy atom. The summed E-state index contributed by atoms with van der Waals surface area (Å²) in [5.41, 5.74) is 2.27. The van der Waals surface area contributed by atoms with Gasteiger partial charge in [-0.3, -0.25) is 9.69 Å². The van der Waals surface area contributed by atoms with Crippen LogP contribution in [-0.2, 0) is 14.3 Å². The summed E-state index contributed by atoms with van der Waals surface area (Å²) in [4.78, 5) is 41.5. The molecule has 1 aliphatic heterocycles. The Bertz CT molecular complexity index is 1070. The summed E-state index contributed by atoms with van der Waals surface area (Å²) in [7, 11) is 0. The Morgan fingerprint density at radius 2 is 1.78 bits per heavy atom. The van der Waals surface area contributed by atoms with E-state index in [4.69, 9.17) is 4.74 Å². The van der Waals surface area contributed by atoms with Crippen LogP contribution in [-0.4, -0.2) is 35.5 Å². The average molecular weight is 508 g/mol. The zero-order valence-electron chi connectivity index (χ0n) is 22.6. The van der Waals surface area contributed by atoms with E-state index in [0.29, 0.717) is 41.3 Å². The van der Waals surface area contributed by atoms with Crippen molar-refractivity contribution in [2.24, 2.45) is 23.2 Å². The quantitative estimate of drug-likeness (QED) is 0.427.